The fourth-order valence-electron chi connectivity index (χ4n) is 1.99. The van der Waals surface area contributed by atoms with E-state index in [0.29, 0.717) is 24.2 Å². The largest absolute Gasteiger partial charge is 0.524 e. The third-order valence-corrected chi connectivity index (χ3v) is 3.17. The molecule has 0 spiro atoms. The minimum atomic E-state index is -4.61. The molecule has 8 heteroatoms. The summed E-state index contributed by atoms with van der Waals surface area (Å²) in [5, 5.41) is 2.99. The predicted molar refractivity (Wildman–Crippen MR) is 68.3 cm³/mol. The number of hydrogen-bond donors (Lipinski definition) is 4. The lowest BCUT2D eigenvalue weighted by Crippen LogP contribution is -2.07. The van der Waals surface area contributed by atoms with E-state index in [9.17, 15) is 4.57 Å². The van der Waals surface area contributed by atoms with Gasteiger partial charge in [-0.15, -0.1) is 0 Å². The summed E-state index contributed by atoms with van der Waals surface area (Å²) >= 11 is 0. The quantitative estimate of drug-likeness (QED) is 0.487. The Morgan fingerprint density at radius 3 is 2.84 bits per heavy atom. The van der Waals surface area contributed by atoms with Gasteiger partial charge in [0.25, 0.3) is 0 Å². The van der Waals surface area contributed by atoms with Gasteiger partial charge in [-0.1, -0.05) is 10.8 Å². The average Bonchev–Trinajstić information content (AvgIpc) is 2.63. The Hall–Kier alpha value is -1.53. The summed E-state index contributed by atoms with van der Waals surface area (Å²) in [6.07, 6.45) is 2.26. The van der Waals surface area contributed by atoms with Gasteiger partial charge in [0, 0.05) is 11.6 Å². The Labute approximate surface area is 110 Å². The van der Waals surface area contributed by atoms with Crippen LogP contribution in [0, 0.1) is 5.53 Å². The molecular formula is C11H15N3O4P+. The number of phosphoric ester groups is 1. The standard InChI is InChI=1S/C11H14N3O4P/c1-13-6-5-8-7-14(12)9-3-2-4-10(11(8)9)18-19(15,16)17/h2-4,7,12-13H,5-6H2,1H3,(H-,15,16,17)/p+1. The van der Waals surface area contributed by atoms with E-state index in [4.69, 9.17) is 19.8 Å². The van der Waals surface area contributed by atoms with Gasteiger partial charge in [-0.3, -0.25) is 9.79 Å². The van der Waals surface area contributed by atoms with Crippen LogP contribution in [0.25, 0.3) is 5.57 Å². The van der Waals surface area contributed by atoms with Gasteiger partial charge in [0.2, 0.25) is 11.9 Å². The lowest BCUT2D eigenvalue weighted by atomic mass is 10.0. The average molecular weight is 284 g/mol. The molecule has 2 rings (SSSR count). The highest BCUT2D eigenvalue weighted by Crippen LogP contribution is 2.46. The van der Waals surface area contributed by atoms with E-state index >= 15 is 0 Å². The van der Waals surface area contributed by atoms with Crippen LogP contribution in [0.2, 0.25) is 0 Å². The van der Waals surface area contributed by atoms with Crippen LogP contribution in [0.15, 0.2) is 24.4 Å². The summed E-state index contributed by atoms with van der Waals surface area (Å²) in [7, 11) is -2.80. The second-order valence-electron chi connectivity index (χ2n) is 4.11. The van der Waals surface area contributed by atoms with E-state index in [1.165, 1.54) is 10.8 Å². The molecule has 102 valence electrons. The van der Waals surface area contributed by atoms with Crippen molar-refractivity contribution in [1.82, 2.24) is 5.32 Å². The van der Waals surface area contributed by atoms with Crippen molar-refractivity contribution in [2.45, 2.75) is 6.42 Å². The lowest BCUT2D eigenvalue weighted by Gasteiger charge is -2.10. The van der Waals surface area contributed by atoms with Crippen LogP contribution in [-0.4, -0.2) is 28.1 Å². The number of hydrogen-bond acceptors (Lipinski definition) is 4. The molecule has 0 aliphatic carbocycles. The van der Waals surface area contributed by atoms with Crippen LogP contribution in [0.5, 0.6) is 5.75 Å². The van der Waals surface area contributed by atoms with E-state index in [-0.39, 0.29) is 5.75 Å². The molecule has 0 bridgehead atoms. The van der Waals surface area contributed by atoms with Crippen LogP contribution >= 0.6 is 7.82 Å². The minimum Gasteiger partial charge on any atom is -0.403 e. The molecule has 0 radical (unpaired) electrons. The predicted octanol–water partition coefficient (Wildman–Crippen LogP) is 1.80. The SMILES string of the molecule is CNCCC1=C[N+](=N)c2cccc(OP(=O)(O)O)c21. The Morgan fingerprint density at radius 1 is 1.47 bits per heavy atom. The normalized spacial score (nSPS) is 14.3. The van der Waals surface area contributed by atoms with Gasteiger partial charge < -0.3 is 9.84 Å². The maximum absolute atomic E-state index is 11.0. The lowest BCUT2D eigenvalue weighted by molar-refractivity contribution is -0.460. The Bertz CT molecular complexity index is 594. The summed E-state index contributed by atoms with van der Waals surface area (Å²) < 4.78 is 16.9. The fourth-order valence-corrected chi connectivity index (χ4v) is 2.39. The molecule has 1 aromatic carbocycles. The van der Waals surface area contributed by atoms with Crippen molar-refractivity contribution in [1.29, 1.82) is 5.53 Å². The van der Waals surface area contributed by atoms with E-state index in [1.54, 1.807) is 18.3 Å². The molecule has 0 atom stereocenters. The first-order valence-corrected chi connectivity index (χ1v) is 7.19. The molecule has 1 aromatic rings. The van der Waals surface area contributed by atoms with Crippen LogP contribution in [0.1, 0.15) is 12.0 Å². The molecule has 1 aliphatic rings. The van der Waals surface area contributed by atoms with Crippen LogP contribution in [0.4, 0.5) is 5.69 Å². The smallest absolute Gasteiger partial charge is 0.403 e. The molecule has 0 saturated heterocycles. The van der Waals surface area contributed by atoms with E-state index in [2.05, 4.69) is 5.32 Å². The second kappa shape index (κ2) is 5.22. The molecule has 4 N–H and O–H groups in total. The van der Waals surface area contributed by atoms with Crippen LogP contribution < -0.4 is 9.84 Å². The van der Waals surface area contributed by atoms with Crippen molar-refractivity contribution >= 4 is 19.1 Å². The first-order valence-electron chi connectivity index (χ1n) is 5.66. The zero-order valence-corrected chi connectivity index (χ0v) is 11.2. The number of rotatable bonds is 5. The molecule has 0 fully saturated rings. The number of nitrogens with one attached hydrogen (secondary N) is 2. The number of fused-ring (bicyclic) bond motifs is 1. The second-order valence-corrected chi connectivity index (χ2v) is 5.27. The van der Waals surface area contributed by atoms with E-state index in [1.807, 2.05) is 7.05 Å². The molecule has 1 aliphatic heterocycles. The summed E-state index contributed by atoms with van der Waals surface area (Å²) in [4.78, 5) is 17.9. The fraction of sp³-hybridized carbons (Fsp3) is 0.273. The Balaban J connectivity index is 2.42. The molecule has 0 amide bonds. The first kappa shape index (κ1) is 13.9. The van der Waals surface area contributed by atoms with Crippen molar-refractivity contribution in [2.24, 2.45) is 0 Å². The molecule has 0 unspecified atom stereocenters. The number of nitrogens with zero attached hydrogens (tertiary/aromatic N) is 1. The Morgan fingerprint density at radius 2 is 2.21 bits per heavy atom. The van der Waals surface area contributed by atoms with Gasteiger partial charge in [0.1, 0.15) is 11.3 Å². The van der Waals surface area contributed by atoms with Crippen molar-refractivity contribution in [3.8, 4) is 5.75 Å². The monoisotopic (exact) mass is 284 g/mol. The summed E-state index contributed by atoms with van der Waals surface area (Å²) in [6, 6.07) is 4.79. The maximum atomic E-state index is 11.0. The highest BCUT2D eigenvalue weighted by atomic mass is 31.2. The van der Waals surface area contributed by atoms with Gasteiger partial charge in [0.05, 0.1) is 0 Å². The van der Waals surface area contributed by atoms with Crippen LogP contribution in [-0.2, 0) is 4.57 Å². The highest BCUT2D eigenvalue weighted by Gasteiger charge is 2.32. The highest BCUT2D eigenvalue weighted by molar-refractivity contribution is 7.46. The van der Waals surface area contributed by atoms with Crippen molar-refractivity contribution in [3.05, 3.63) is 30.0 Å². The topological polar surface area (TPSA) is 106 Å². The molecule has 7 nitrogen and oxygen atoms in total. The third kappa shape index (κ3) is 3.08. The first-order chi connectivity index (χ1) is 8.92. The van der Waals surface area contributed by atoms with Gasteiger partial charge in [0.15, 0.2) is 0 Å². The third-order valence-electron chi connectivity index (χ3n) is 2.73. The van der Waals surface area contributed by atoms with Crippen molar-refractivity contribution in [2.75, 3.05) is 13.6 Å². The minimum absolute atomic E-state index is 0.0999. The van der Waals surface area contributed by atoms with Crippen LogP contribution in [0.3, 0.4) is 0 Å². The van der Waals surface area contributed by atoms with E-state index in [0.717, 1.165) is 5.57 Å². The number of phosphoric acid groups is 1. The summed E-state index contributed by atoms with van der Waals surface area (Å²) in [5.74, 6) is 0.0999. The molecule has 1 heterocycles. The number of benzene rings is 1. The zero-order valence-electron chi connectivity index (χ0n) is 10.3. The molecule has 0 saturated carbocycles. The van der Waals surface area contributed by atoms with Crippen molar-refractivity contribution < 1.29 is 23.6 Å². The van der Waals surface area contributed by atoms with E-state index < -0.39 is 7.82 Å². The van der Waals surface area contributed by atoms with Gasteiger partial charge in [-0.2, -0.15) is 0 Å². The Kier molecular flexibility index (Phi) is 3.82. The molecule has 0 aromatic heterocycles. The van der Waals surface area contributed by atoms with Gasteiger partial charge in [-0.05, 0) is 31.6 Å². The van der Waals surface area contributed by atoms with Gasteiger partial charge >= 0.3 is 7.82 Å². The van der Waals surface area contributed by atoms with Crippen molar-refractivity contribution in [3.63, 3.8) is 0 Å². The zero-order chi connectivity index (χ0) is 14.0. The molecule has 19 heavy (non-hydrogen) atoms. The molecular weight excluding hydrogens is 269 g/mol. The summed E-state index contributed by atoms with van der Waals surface area (Å²) in [5.41, 5.74) is 9.72. The van der Waals surface area contributed by atoms with Gasteiger partial charge in [-0.25, -0.2) is 4.57 Å². The summed E-state index contributed by atoms with van der Waals surface area (Å²) in [6.45, 7) is 0.698. The maximum Gasteiger partial charge on any atom is 0.524 e.